The standard InChI is InChI=1S/C37H53N3O7/c1-8-39(25-36(5,6)44)33(42)27-21-26(22-40(23-27)34(43)47-35(2,3)4)32(41)38-24-37(19-13-14-20-45-7)28-15-9-11-17-30(28)46-31-18-12-10-16-29(31)37/h9-12,15-18,26-27,44H,8,13-14,19-25H2,1-7H3,(H,38,41)/t26-,27+/m0/s1. The molecule has 0 aromatic heterocycles. The largest absolute Gasteiger partial charge is 0.457 e. The van der Waals surface area contributed by atoms with Crippen LogP contribution in [0, 0.1) is 11.8 Å². The molecule has 2 aromatic carbocycles. The number of likely N-dealkylation sites (tertiary alicyclic amines) is 1. The number of unbranched alkanes of at least 4 members (excludes halogenated alkanes) is 1. The molecule has 2 atom stereocenters. The van der Waals surface area contributed by atoms with E-state index in [4.69, 9.17) is 14.2 Å². The maximum absolute atomic E-state index is 14.2. The Hall–Kier alpha value is -3.63. The highest BCUT2D eigenvalue weighted by Gasteiger charge is 2.44. The summed E-state index contributed by atoms with van der Waals surface area (Å²) in [6.07, 6.45) is 2.22. The Bertz CT molecular complexity index is 1350. The lowest BCUT2D eigenvalue weighted by Gasteiger charge is -2.42. The van der Waals surface area contributed by atoms with Gasteiger partial charge < -0.3 is 34.4 Å². The van der Waals surface area contributed by atoms with Gasteiger partial charge in [-0.25, -0.2) is 4.79 Å². The molecule has 2 aliphatic rings. The van der Waals surface area contributed by atoms with Crippen LogP contribution in [0.15, 0.2) is 48.5 Å². The number of fused-ring (bicyclic) bond motifs is 2. The number of nitrogens with zero attached hydrogens (tertiary/aromatic N) is 2. The van der Waals surface area contributed by atoms with Crippen LogP contribution in [-0.2, 0) is 24.5 Å². The summed E-state index contributed by atoms with van der Waals surface area (Å²) < 4.78 is 17.3. The Labute approximate surface area is 279 Å². The minimum Gasteiger partial charge on any atom is -0.457 e. The smallest absolute Gasteiger partial charge is 0.410 e. The van der Waals surface area contributed by atoms with Gasteiger partial charge in [0.05, 0.1) is 17.4 Å². The third kappa shape index (κ3) is 9.05. The SMILES string of the molecule is CCN(CC(C)(C)O)C(=O)[C@@H]1C[C@H](C(=O)NCC2(CCCCOC)c3ccccc3Oc3ccccc32)CN(C(=O)OC(C)(C)C)C1. The molecule has 3 amide bonds. The summed E-state index contributed by atoms with van der Waals surface area (Å²) in [7, 11) is 1.70. The lowest BCUT2D eigenvalue weighted by Crippen LogP contribution is -2.55. The van der Waals surface area contributed by atoms with Gasteiger partial charge in [0.25, 0.3) is 0 Å². The second-order valence-corrected chi connectivity index (χ2v) is 14.5. The van der Waals surface area contributed by atoms with Gasteiger partial charge >= 0.3 is 6.09 Å². The number of hydrogen-bond acceptors (Lipinski definition) is 7. The normalized spacial score (nSPS) is 18.8. The zero-order valence-electron chi connectivity index (χ0n) is 29.1. The fourth-order valence-electron chi connectivity index (χ4n) is 6.78. The van der Waals surface area contributed by atoms with Gasteiger partial charge in [0.1, 0.15) is 17.1 Å². The molecule has 1 saturated heterocycles. The van der Waals surface area contributed by atoms with Gasteiger partial charge in [-0.1, -0.05) is 36.4 Å². The number of para-hydroxylation sites is 2. The maximum atomic E-state index is 14.2. The first-order valence-corrected chi connectivity index (χ1v) is 16.8. The molecular formula is C37H53N3O7. The van der Waals surface area contributed by atoms with Crippen molar-refractivity contribution in [2.45, 2.75) is 83.8 Å². The molecule has 1 fully saturated rings. The first-order chi connectivity index (χ1) is 22.2. The van der Waals surface area contributed by atoms with Crippen molar-refractivity contribution in [3.63, 3.8) is 0 Å². The van der Waals surface area contributed by atoms with E-state index in [1.165, 1.54) is 4.90 Å². The van der Waals surface area contributed by atoms with Crippen LogP contribution in [0.4, 0.5) is 4.79 Å². The predicted molar refractivity (Wildman–Crippen MR) is 180 cm³/mol. The first-order valence-electron chi connectivity index (χ1n) is 16.8. The van der Waals surface area contributed by atoms with Gasteiger partial charge in [-0.15, -0.1) is 0 Å². The molecule has 0 unspecified atom stereocenters. The van der Waals surface area contributed by atoms with Crippen molar-refractivity contribution in [2.75, 3.05) is 46.4 Å². The quantitative estimate of drug-likeness (QED) is 0.291. The lowest BCUT2D eigenvalue weighted by molar-refractivity contribution is -0.142. The van der Waals surface area contributed by atoms with Crippen LogP contribution in [0.25, 0.3) is 0 Å². The Morgan fingerprint density at radius 3 is 2.13 bits per heavy atom. The maximum Gasteiger partial charge on any atom is 0.410 e. The van der Waals surface area contributed by atoms with Gasteiger partial charge in [0.15, 0.2) is 0 Å². The third-order valence-electron chi connectivity index (χ3n) is 8.89. The van der Waals surface area contributed by atoms with Crippen LogP contribution >= 0.6 is 0 Å². The number of benzene rings is 2. The predicted octanol–water partition coefficient (Wildman–Crippen LogP) is 5.50. The molecule has 4 rings (SSSR count). The zero-order chi connectivity index (χ0) is 34.4. The molecule has 0 aliphatic carbocycles. The first kappa shape index (κ1) is 36.2. The molecule has 2 aromatic rings. The van der Waals surface area contributed by atoms with Crippen LogP contribution in [0.2, 0.25) is 0 Å². The van der Waals surface area contributed by atoms with E-state index in [-0.39, 0.29) is 37.9 Å². The van der Waals surface area contributed by atoms with Gasteiger partial charge in [-0.05, 0) is 79.4 Å². The Morgan fingerprint density at radius 1 is 0.979 bits per heavy atom. The van der Waals surface area contributed by atoms with Gasteiger partial charge in [0, 0.05) is 63.0 Å². The number of amides is 3. The highest BCUT2D eigenvalue weighted by molar-refractivity contribution is 5.84. The van der Waals surface area contributed by atoms with E-state index in [1.807, 2.05) is 43.3 Å². The summed E-state index contributed by atoms with van der Waals surface area (Å²) in [5.74, 6) is -0.151. The Kier molecular flexibility index (Phi) is 11.6. The summed E-state index contributed by atoms with van der Waals surface area (Å²) in [6.45, 7) is 12.3. The van der Waals surface area contributed by atoms with Crippen molar-refractivity contribution in [2.24, 2.45) is 11.8 Å². The fraction of sp³-hybridized carbons (Fsp3) is 0.595. The molecule has 258 valence electrons. The molecule has 2 heterocycles. The summed E-state index contributed by atoms with van der Waals surface area (Å²) in [6, 6.07) is 15.9. The number of carbonyl (C=O) groups excluding carboxylic acids is 3. The third-order valence-corrected chi connectivity index (χ3v) is 8.89. The minimum atomic E-state index is -1.09. The van der Waals surface area contributed by atoms with E-state index in [9.17, 15) is 19.5 Å². The molecule has 0 spiro atoms. The van der Waals surface area contributed by atoms with Crippen molar-refractivity contribution in [1.82, 2.24) is 15.1 Å². The Balaban J connectivity index is 1.63. The number of methoxy groups -OCH3 is 1. The second-order valence-electron chi connectivity index (χ2n) is 14.5. The van der Waals surface area contributed by atoms with Crippen LogP contribution < -0.4 is 10.1 Å². The van der Waals surface area contributed by atoms with Gasteiger partial charge in [-0.3, -0.25) is 9.59 Å². The summed E-state index contributed by atoms with van der Waals surface area (Å²) >= 11 is 0. The van der Waals surface area contributed by atoms with E-state index in [0.717, 1.165) is 41.9 Å². The van der Waals surface area contributed by atoms with E-state index in [2.05, 4.69) is 17.4 Å². The van der Waals surface area contributed by atoms with Crippen molar-refractivity contribution in [1.29, 1.82) is 0 Å². The number of hydrogen-bond donors (Lipinski definition) is 2. The Morgan fingerprint density at radius 2 is 1.57 bits per heavy atom. The van der Waals surface area contributed by atoms with Gasteiger partial charge in [0.2, 0.25) is 11.8 Å². The highest BCUT2D eigenvalue weighted by atomic mass is 16.6. The summed E-state index contributed by atoms with van der Waals surface area (Å²) in [5, 5.41) is 13.7. The average Bonchev–Trinajstić information content (AvgIpc) is 3.02. The molecule has 10 heteroatoms. The number of piperidine rings is 1. The number of rotatable bonds is 12. The molecule has 10 nitrogen and oxygen atoms in total. The van der Waals surface area contributed by atoms with Crippen LogP contribution in [-0.4, -0.2) is 90.5 Å². The molecule has 2 N–H and O–H groups in total. The van der Waals surface area contributed by atoms with E-state index >= 15 is 0 Å². The number of ether oxygens (including phenoxy) is 3. The van der Waals surface area contributed by atoms with Crippen LogP contribution in [0.3, 0.4) is 0 Å². The van der Waals surface area contributed by atoms with Crippen molar-refractivity contribution >= 4 is 17.9 Å². The number of carbonyl (C=O) groups is 3. The monoisotopic (exact) mass is 651 g/mol. The average molecular weight is 652 g/mol. The topological polar surface area (TPSA) is 118 Å². The van der Waals surface area contributed by atoms with Crippen LogP contribution in [0.5, 0.6) is 11.5 Å². The van der Waals surface area contributed by atoms with E-state index in [1.54, 1.807) is 46.6 Å². The summed E-state index contributed by atoms with van der Waals surface area (Å²) in [5.41, 5.74) is -0.367. The number of likely N-dealkylation sites (N-methyl/N-ethyl adjacent to an activating group) is 1. The fourth-order valence-corrected chi connectivity index (χ4v) is 6.78. The highest BCUT2D eigenvalue weighted by Crippen LogP contribution is 2.50. The molecule has 0 bridgehead atoms. The molecule has 2 aliphatic heterocycles. The van der Waals surface area contributed by atoms with Crippen molar-refractivity contribution < 1.29 is 33.7 Å². The number of nitrogens with one attached hydrogen (secondary N) is 1. The minimum absolute atomic E-state index is 0.138. The molecule has 47 heavy (non-hydrogen) atoms. The summed E-state index contributed by atoms with van der Waals surface area (Å²) in [4.78, 5) is 44.4. The van der Waals surface area contributed by atoms with Gasteiger partial charge in [-0.2, -0.15) is 0 Å². The lowest BCUT2D eigenvalue weighted by atomic mass is 9.69. The van der Waals surface area contributed by atoms with E-state index < -0.39 is 34.5 Å². The van der Waals surface area contributed by atoms with Crippen molar-refractivity contribution in [3.8, 4) is 11.5 Å². The van der Waals surface area contributed by atoms with Crippen molar-refractivity contribution in [3.05, 3.63) is 59.7 Å². The number of aliphatic hydroxyl groups is 1. The second kappa shape index (κ2) is 15.1. The van der Waals surface area contributed by atoms with Crippen LogP contribution in [0.1, 0.15) is 78.4 Å². The zero-order valence-corrected chi connectivity index (χ0v) is 29.1. The molecular weight excluding hydrogens is 598 g/mol. The molecule has 0 radical (unpaired) electrons. The van der Waals surface area contributed by atoms with E-state index in [0.29, 0.717) is 19.7 Å². The molecule has 0 saturated carbocycles.